The molecule has 0 atom stereocenters. The summed E-state index contributed by atoms with van der Waals surface area (Å²) in [5, 5.41) is 0.428. The Hall–Kier alpha value is -3.73. The van der Waals surface area contributed by atoms with Crippen LogP contribution < -0.4 is 19.6 Å². The second-order valence-electron chi connectivity index (χ2n) is 7.17. The zero-order valence-corrected chi connectivity index (χ0v) is 17.8. The van der Waals surface area contributed by atoms with Gasteiger partial charge in [-0.2, -0.15) is 0 Å². The first-order valence-corrected chi connectivity index (χ1v) is 10.2. The topological polar surface area (TPSA) is 57.9 Å². The van der Waals surface area contributed by atoms with E-state index in [9.17, 15) is 4.79 Å². The summed E-state index contributed by atoms with van der Waals surface area (Å²) in [5.74, 6) is 2.21. The average molecular weight is 416 g/mol. The van der Waals surface area contributed by atoms with Crippen molar-refractivity contribution in [1.82, 2.24) is 0 Å². The van der Waals surface area contributed by atoms with E-state index in [0.29, 0.717) is 47.2 Å². The number of aryl methyl sites for hydroxylation is 2. The Labute approximate surface area is 180 Å². The minimum Gasteiger partial charge on any atom is -0.490 e. The van der Waals surface area contributed by atoms with Gasteiger partial charge in [0.15, 0.2) is 11.5 Å². The molecule has 0 N–H and O–H groups in total. The molecule has 0 aliphatic rings. The van der Waals surface area contributed by atoms with Gasteiger partial charge in [0, 0.05) is 6.07 Å². The lowest BCUT2D eigenvalue weighted by molar-refractivity contribution is 0.305. The zero-order chi connectivity index (χ0) is 21.8. The number of hydrogen-bond donors (Lipinski definition) is 0. The van der Waals surface area contributed by atoms with Crippen molar-refractivity contribution < 1.29 is 18.6 Å². The van der Waals surface area contributed by atoms with Crippen molar-refractivity contribution in [3.63, 3.8) is 0 Å². The van der Waals surface area contributed by atoms with Crippen LogP contribution in [0.15, 0.2) is 75.9 Å². The predicted molar refractivity (Wildman–Crippen MR) is 120 cm³/mol. The molecule has 0 aliphatic heterocycles. The van der Waals surface area contributed by atoms with Crippen molar-refractivity contribution in [3.8, 4) is 23.0 Å². The van der Waals surface area contributed by atoms with Gasteiger partial charge in [-0.1, -0.05) is 36.4 Å². The zero-order valence-electron chi connectivity index (χ0n) is 17.8. The number of ether oxygens (including phenoxy) is 3. The molecule has 0 saturated carbocycles. The fourth-order valence-electron chi connectivity index (χ4n) is 3.33. The lowest BCUT2D eigenvalue weighted by atomic mass is 10.1. The van der Waals surface area contributed by atoms with E-state index in [1.165, 1.54) is 5.56 Å². The van der Waals surface area contributed by atoms with Gasteiger partial charge >= 0.3 is 0 Å². The molecular formula is C26H24O5. The van der Waals surface area contributed by atoms with Gasteiger partial charge in [0.1, 0.15) is 23.7 Å². The molecule has 5 heteroatoms. The Morgan fingerprint density at radius 1 is 0.871 bits per heavy atom. The molecule has 0 saturated heterocycles. The third-order valence-corrected chi connectivity index (χ3v) is 5.00. The van der Waals surface area contributed by atoms with Crippen LogP contribution in [0.4, 0.5) is 0 Å². The first kappa shape index (κ1) is 20.5. The predicted octanol–water partition coefficient (Wildman–Crippen LogP) is 6.18. The van der Waals surface area contributed by atoms with Gasteiger partial charge in [-0.3, -0.25) is 4.79 Å². The molecule has 1 heterocycles. The van der Waals surface area contributed by atoms with Crippen LogP contribution in [0.25, 0.3) is 11.0 Å². The second-order valence-corrected chi connectivity index (χ2v) is 7.17. The first-order valence-electron chi connectivity index (χ1n) is 10.2. The SMILES string of the molecule is CCOc1ccccc1Oc1c(C)oc2cc(OCc3ccccc3C)ccc2c1=O. The highest BCUT2D eigenvalue weighted by molar-refractivity contribution is 5.79. The van der Waals surface area contributed by atoms with E-state index >= 15 is 0 Å². The third-order valence-electron chi connectivity index (χ3n) is 5.00. The maximum absolute atomic E-state index is 13.1. The van der Waals surface area contributed by atoms with Crippen LogP contribution in [0, 0.1) is 13.8 Å². The van der Waals surface area contributed by atoms with Gasteiger partial charge in [-0.05, 0) is 56.2 Å². The summed E-state index contributed by atoms with van der Waals surface area (Å²) in [5.41, 5.74) is 2.49. The van der Waals surface area contributed by atoms with Gasteiger partial charge < -0.3 is 18.6 Å². The second kappa shape index (κ2) is 8.96. The molecular weight excluding hydrogens is 392 g/mol. The minimum absolute atomic E-state index is 0.147. The Kier molecular flexibility index (Phi) is 5.94. The standard InChI is InChI=1S/C26H24O5/c1-4-28-22-11-7-8-12-23(22)31-26-18(3)30-24-15-20(13-14-21(24)25(26)27)29-16-19-10-6-5-9-17(19)2/h5-15H,4,16H2,1-3H3. The molecule has 0 spiro atoms. The van der Waals surface area contributed by atoms with E-state index < -0.39 is 0 Å². The van der Waals surface area contributed by atoms with E-state index in [-0.39, 0.29) is 11.2 Å². The summed E-state index contributed by atoms with van der Waals surface area (Å²) in [4.78, 5) is 13.1. The summed E-state index contributed by atoms with van der Waals surface area (Å²) < 4.78 is 23.3. The molecule has 0 amide bonds. The third kappa shape index (κ3) is 4.40. The highest BCUT2D eigenvalue weighted by Gasteiger charge is 2.16. The molecule has 0 fully saturated rings. The van der Waals surface area contributed by atoms with Crippen molar-refractivity contribution in [2.75, 3.05) is 6.61 Å². The highest BCUT2D eigenvalue weighted by Crippen LogP contribution is 2.33. The smallest absolute Gasteiger partial charge is 0.235 e. The molecule has 158 valence electrons. The largest absolute Gasteiger partial charge is 0.490 e. The monoisotopic (exact) mass is 416 g/mol. The van der Waals surface area contributed by atoms with Crippen LogP contribution in [0.3, 0.4) is 0 Å². The van der Waals surface area contributed by atoms with Gasteiger partial charge in [0.05, 0.1) is 12.0 Å². The normalized spacial score (nSPS) is 10.8. The van der Waals surface area contributed by atoms with Crippen LogP contribution in [0.2, 0.25) is 0 Å². The maximum Gasteiger partial charge on any atom is 0.235 e. The number of hydrogen-bond acceptors (Lipinski definition) is 5. The van der Waals surface area contributed by atoms with Crippen molar-refractivity contribution in [2.24, 2.45) is 0 Å². The Morgan fingerprint density at radius 2 is 1.61 bits per heavy atom. The summed E-state index contributed by atoms with van der Waals surface area (Å²) in [6.45, 7) is 6.59. The first-order chi connectivity index (χ1) is 15.1. The lowest BCUT2D eigenvalue weighted by Crippen LogP contribution is -2.08. The van der Waals surface area contributed by atoms with Gasteiger partial charge in [-0.15, -0.1) is 0 Å². The minimum atomic E-state index is -0.240. The van der Waals surface area contributed by atoms with E-state index in [2.05, 4.69) is 0 Å². The summed E-state index contributed by atoms with van der Waals surface area (Å²) in [7, 11) is 0. The molecule has 0 radical (unpaired) electrons. The highest BCUT2D eigenvalue weighted by atomic mass is 16.5. The van der Waals surface area contributed by atoms with Crippen LogP contribution >= 0.6 is 0 Å². The summed E-state index contributed by atoms with van der Waals surface area (Å²) in [6, 6.07) is 20.5. The van der Waals surface area contributed by atoms with Crippen molar-refractivity contribution in [3.05, 3.63) is 93.8 Å². The fourth-order valence-corrected chi connectivity index (χ4v) is 3.33. The number of rotatable bonds is 7. The molecule has 3 aromatic carbocycles. The molecule has 1 aromatic heterocycles. The van der Waals surface area contributed by atoms with Crippen LogP contribution in [0.1, 0.15) is 23.8 Å². The number of benzene rings is 3. The molecule has 4 rings (SSSR count). The van der Waals surface area contributed by atoms with E-state index in [1.54, 1.807) is 37.3 Å². The lowest BCUT2D eigenvalue weighted by Gasteiger charge is -2.13. The molecule has 5 nitrogen and oxygen atoms in total. The van der Waals surface area contributed by atoms with Gasteiger partial charge in [-0.25, -0.2) is 0 Å². The van der Waals surface area contributed by atoms with Crippen LogP contribution in [0.5, 0.6) is 23.0 Å². The molecule has 4 aromatic rings. The maximum atomic E-state index is 13.1. The fraction of sp³-hybridized carbons (Fsp3) is 0.192. The van der Waals surface area contributed by atoms with Crippen LogP contribution in [-0.2, 0) is 6.61 Å². The molecule has 31 heavy (non-hydrogen) atoms. The van der Waals surface area contributed by atoms with E-state index in [1.807, 2.05) is 50.2 Å². The summed E-state index contributed by atoms with van der Waals surface area (Å²) >= 11 is 0. The molecule has 0 bridgehead atoms. The van der Waals surface area contributed by atoms with Gasteiger partial charge in [0.25, 0.3) is 0 Å². The van der Waals surface area contributed by atoms with Crippen molar-refractivity contribution in [2.45, 2.75) is 27.4 Å². The Morgan fingerprint density at radius 3 is 2.39 bits per heavy atom. The Bertz CT molecular complexity index is 1270. The van der Waals surface area contributed by atoms with Gasteiger partial charge in [0.2, 0.25) is 11.2 Å². The van der Waals surface area contributed by atoms with E-state index in [0.717, 1.165) is 5.56 Å². The van der Waals surface area contributed by atoms with E-state index in [4.69, 9.17) is 18.6 Å². The quantitative estimate of drug-likeness (QED) is 0.360. The van der Waals surface area contributed by atoms with Crippen LogP contribution in [-0.4, -0.2) is 6.61 Å². The molecule has 0 unspecified atom stereocenters. The van der Waals surface area contributed by atoms with Crippen molar-refractivity contribution in [1.29, 1.82) is 0 Å². The number of para-hydroxylation sites is 2. The molecule has 0 aliphatic carbocycles. The van der Waals surface area contributed by atoms with Crippen molar-refractivity contribution >= 4 is 11.0 Å². The Balaban J connectivity index is 1.63. The summed E-state index contributed by atoms with van der Waals surface area (Å²) in [6.07, 6.45) is 0. The average Bonchev–Trinajstić information content (AvgIpc) is 2.77. The number of fused-ring (bicyclic) bond motifs is 1.